The highest BCUT2D eigenvalue weighted by Crippen LogP contribution is 2.30. The van der Waals surface area contributed by atoms with Crippen molar-refractivity contribution in [1.82, 2.24) is 9.55 Å². The molecule has 0 saturated carbocycles. The van der Waals surface area contributed by atoms with Crippen LogP contribution < -0.4 is 15.8 Å². The fraction of sp³-hybridized carbons (Fsp3) is 0.357. The second-order valence-electron chi connectivity index (χ2n) is 8.80. The van der Waals surface area contributed by atoms with Crippen molar-refractivity contribution in [3.8, 4) is 0 Å². The molecule has 3 aromatic rings. The van der Waals surface area contributed by atoms with Crippen molar-refractivity contribution in [2.45, 2.75) is 33.6 Å². The van der Waals surface area contributed by atoms with E-state index in [9.17, 15) is 4.79 Å². The zero-order valence-electron chi connectivity index (χ0n) is 20.9. The van der Waals surface area contributed by atoms with Gasteiger partial charge in [0.05, 0.1) is 30.6 Å². The second kappa shape index (κ2) is 10.9. The maximum atomic E-state index is 15.2. The van der Waals surface area contributed by atoms with Gasteiger partial charge in [0, 0.05) is 31.1 Å². The Balaban J connectivity index is 1.71. The van der Waals surface area contributed by atoms with Gasteiger partial charge in [-0.15, -0.1) is 0 Å². The minimum Gasteiger partial charge on any atom is -0.378 e. The highest BCUT2D eigenvalue weighted by molar-refractivity contribution is 5.89. The number of morpholine rings is 1. The average molecular weight is 477 g/mol. The Morgan fingerprint density at radius 3 is 2.63 bits per heavy atom. The Kier molecular flexibility index (Phi) is 7.66. The van der Waals surface area contributed by atoms with Crippen LogP contribution in [-0.4, -0.2) is 35.9 Å². The van der Waals surface area contributed by atoms with E-state index in [0.29, 0.717) is 35.8 Å². The van der Waals surface area contributed by atoms with Crippen molar-refractivity contribution >= 4 is 33.7 Å². The van der Waals surface area contributed by atoms with E-state index in [4.69, 9.17) is 4.74 Å². The molecule has 4 rings (SSSR count). The number of nitrogens with zero attached hydrogens (tertiary/aromatic N) is 3. The molecular formula is C28H33FN4O2. The van der Waals surface area contributed by atoms with Crippen molar-refractivity contribution in [2.24, 2.45) is 7.05 Å². The van der Waals surface area contributed by atoms with Crippen molar-refractivity contribution in [1.29, 1.82) is 0 Å². The second-order valence-corrected chi connectivity index (χ2v) is 8.80. The predicted molar refractivity (Wildman–Crippen MR) is 142 cm³/mol. The molecule has 0 bridgehead atoms. The number of aromatic nitrogens is 2. The number of aryl methyl sites for hydroxylation is 1. The van der Waals surface area contributed by atoms with Crippen molar-refractivity contribution < 1.29 is 9.13 Å². The molecule has 1 fully saturated rings. The maximum absolute atomic E-state index is 15.2. The average Bonchev–Trinajstić information content (AvgIpc) is 2.89. The van der Waals surface area contributed by atoms with Gasteiger partial charge in [0.15, 0.2) is 0 Å². The zero-order chi connectivity index (χ0) is 24.9. The van der Waals surface area contributed by atoms with Crippen LogP contribution in [0.5, 0.6) is 0 Å². The van der Waals surface area contributed by atoms with Crippen LogP contribution in [0.2, 0.25) is 0 Å². The number of benzene rings is 1. The van der Waals surface area contributed by atoms with Crippen LogP contribution in [0, 0.1) is 5.82 Å². The normalized spacial score (nSPS) is 15.1. The fourth-order valence-electron chi connectivity index (χ4n) is 4.28. The molecule has 1 saturated heterocycles. The molecule has 6 nitrogen and oxygen atoms in total. The molecule has 1 aromatic carbocycles. The molecule has 184 valence electrons. The Morgan fingerprint density at radius 2 is 1.97 bits per heavy atom. The molecule has 0 amide bonds. The summed E-state index contributed by atoms with van der Waals surface area (Å²) in [5.74, 6) is 0.242. The van der Waals surface area contributed by atoms with E-state index in [2.05, 4.69) is 29.0 Å². The third-order valence-electron chi connectivity index (χ3n) is 6.50. The minimum absolute atomic E-state index is 0.241. The number of allylic oxidation sites excluding steroid dienone is 4. The van der Waals surface area contributed by atoms with Crippen LogP contribution in [0.4, 0.5) is 21.6 Å². The lowest BCUT2D eigenvalue weighted by Crippen LogP contribution is -2.36. The van der Waals surface area contributed by atoms with Crippen LogP contribution in [0.3, 0.4) is 0 Å². The first-order valence-electron chi connectivity index (χ1n) is 12.2. The highest BCUT2D eigenvalue weighted by Gasteiger charge is 2.15. The van der Waals surface area contributed by atoms with E-state index in [0.717, 1.165) is 48.2 Å². The lowest BCUT2D eigenvalue weighted by atomic mass is 9.96. The van der Waals surface area contributed by atoms with E-state index >= 15 is 4.39 Å². The molecule has 2 aromatic heterocycles. The van der Waals surface area contributed by atoms with Crippen LogP contribution in [0.15, 0.2) is 59.0 Å². The molecule has 3 heterocycles. The van der Waals surface area contributed by atoms with E-state index in [1.165, 1.54) is 10.6 Å². The molecule has 0 spiro atoms. The molecule has 35 heavy (non-hydrogen) atoms. The molecule has 1 aliphatic heterocycles. The number of pyridine rings is 2. The number of rotatable bonds is 7. The lowest BCUT2D eigenvalue weighted by Gasteiger charge is -2.28. The number of nitrogens with one attached hydrogen (secondary N) is 1. The summed E-state index contributed by atoms with van der Waals surface area (Å²) in [4.78, 5) is 19.8. The van der Waals surface area contributed by atoms with Crippen molar-refractivity contribution in [2.75, 3.05) is 36.5 Å². The van der Waals surface area contributed by atoms with Gasteiger partial charge in [0.25, 0.3) is 5.56 Å². The number of fused-ring (bicyclic) bond motifs is 1. The molecule has 0 atom stereocenters. The van der Waals surface area contributed by atoms with Gasteiger partial charge in [0.2, 0.25) is 0 Å². The molecule has 1 aliphatic rings. The third-order valence-corrected chi connectivity index (χ3v) is 6.50. The monoisotopic (exact) mass is 476 g/mol. The molecule has 0 unspecified atom stereocenters. The third kappa shape index (κ3) is 5.30. The summed E-state index contributed by atoms with van der Waals surface area (Å²) in [5.41, 5.74) is 4.26. The number of hydrogen-bond donors (Lipinski definition) is 1. The Labute approximate surface area is 205 Å². The maximum Gasteiger partial charge on any atom is 0.274 e. The van der Waals surface area contributed by atoms with Crippen LogP contribution in [0.1, 0.15) is 39.2 Å². The van der Waals surface area contributed by atoms with Gasteiger partial charge in [-0.05, 0) is 55.7 Å². The summed E-state index contributed by atoms with van der Waals surface area (Å²) in [6.45, 7) is 9.23. The van der Waals surface area contributed by atoms with E-state index in [1.807, 2.05) is 37.3 Å². The van der Waals surface area contributed by atoms with Crippen LogP contribution in [0.25, 0.3) is 16.5 Å². The van der Waals surface area contributed by atoms with Crippen molar-refractivity contribution in [3.63, 3.8) is 0 Å². The molecule has 1 N–H and O–H groups in total. The summed E-state index contributed by atoms with van der Waals surface area (Å²) >= 11 is 0. The first-order chi connectivity index (χ1) is 16.9. The van der Waals surface area contributed by atoms with Crippen molar-refractivity contribution in [3.05, 3.63) is 76.0 Å². The predicted octanol–water partition coefficient (Wildman–Crippen LogP) is 5.80. The highest BCUT2D eigenvalue weighted by atomic mass is 19.1. The van der Waals surface area contributed by atoms with Gasteiger partial charge in [-0.25, -0.2) is 9.37 Å². The SMILES string of the molecule is CC/C=C\C(=C(/C)CC)c1cc2cc(Nc3ccc(N4CCOCC4)cn3)c(=O)n(C)c2cc1F. The van der Waals surface area contributed by atoms with Gasteiger partial charge in [-0.3, -0.25) is 4.79 Å². The number of ether oxygens (including phenoxy) is 1. The van der Waals surface area contributed by atoms with E-state index in [-0.39, 0.29) is 11.4 Å². The molecule has 0 aliphatic carbocycles. The first-order valence-corrected chi connectivity index (χ1v) is 12.2. The van der Waals surface area contributed by atoms with Gasteiger partial charge in [0.1, 0.15) is 17.3 Å². The minimum atomic E-state index is -0.336. The summed E-state index contributed by atoms with van der Waals surface area (Å²) < 4.78 is 22.1. The van der Waals surface area contributed by atoms with E-state index < -0.39 is 0 Å². The summed E-state index contributed by atoms with van der Waals surface area (Å²) in [6, 6.07) is 8.92. The summed E-state index contributed by atoms with van der Waals surface area (Å²) in [5, 5.41) is 3.94. The zero-order valence-corrected chi connectivity index (χ0v) is 20.9. The fourth-order valence-corrected chi connectivity index (χ4v) is 4.28. The van der Waals surface area contributed by atoms with Gasteiger partial charge >= 0.3 is 0 Å². The topological polar surface area (TPSA) is 59.4 Å². The van der Waals surface area contributed by atoms with E-state index in [1.54, 1.807) is 19.3 Å². The van der Waals surface area contributed by atoms with Gasteiger partial charge in [-0.2, -0.15) is 0 Å². The number of halogens is 1. The Bertz CT molecular complexity index is 1320. The Morgan fingerprint density at radius 1 is 1.20 bits per heavy atom. The smallest absolute Gasteiger partial charge is 0.274 e. The van der Waals surface area contributed by atoms with Gasteiger partial charge < -0.3 is 19.5 Å². The largest absolute Gasteiger partial charge is 0.378 e. The quantitative estimate of drug-likeness (QED) is 0.437. The van der Waals surface area contributed by atoms with Crippen LogP contribution >= 0.6 is 0 Å². The van der Waals surface area contributed by atoms with Crippen LogP contribution in [-0.2, 0) is 11.8 Å². The molecular weight excluding hydrogens is 443 g/mol. The summed E-state index contributed by atoms with van der Waals surface area (Å²) in [6.07, 6.45) is 7.53. The molecule has 0 radical (unpaired) electrons. The standard InChI is InChI=1S/C28H33FN4O2/c1-5-7-8-22(19(3)6-2)23-15-20-16-25(28(34)32(4)26(20)17-24(23)29)31-27-10-9-21(18-30-27)33-11-13-35-14-12-33/h7-10,15-18H,5-6,11-14H2,1-4H3,(H,30,31)/b8-7-,22-19-. The first kappa shape index (κ1) is 24.7. The number of anilines is 3. The Hall–Kier alpha value is -3.45. The summed E-state index contributed by atoms with van der Waals surface area (Å²) in [7, 11) is 1.66. The van der Waals surface area contributed by atoms with Gasteiger partial charge in [-0.1, -0.05) is 31.6 Å². The molecule has 7 heteroatoms. The lowest BCUT2D eigenvalue weighted by molar-refractivity contribution is 0.122. The number of hydrogen-bond acceptors (Lipinski definition) is 5.